The van der Waals surface area contributed by atoms with Crippen LogP contribution in [0.3, 0.4) is 0 Å². The van der Waals surface area contributed by atoms with Crippen molar-refractivity contribution in [3.63, 3.8) is 0 Å². The van der Waals surface area contributed by atoms with Crippen LogP contribution in [0.1, 0.15) is 19.4 Å². The quantitative estimate of drug-likeness (QED) is 0.744. The van der Waals surface area contributed by atoms with E-state index < -0.39 is 42.0 Å². The molecule has 9 heteroatoms. The number of rotatable bonds is 5. The Morgan fingerprint density at radius 2 is 1.70 bits per heavy atom. The molecule has 148 valence electrons. The zero-order chi connectivity index (χ0) is 20.6. The molecule has 2 rings (SSSR count). The smallest absolute Gasteiger partial charge is 0.419 e. The van der Waals surface area contributed by atoms with Crippen molar-refractivity contribution in [1.82, 2.24) is 0 Å². The van der Waals surface area contributed by atoms with E-state index in [1.54, 1.807) is 0 Å². The number of carbonyl (C=O) groups excluding carboxylic acids is 1. The molecule has 0 aromatic heterocycles. The van der Waals surface area contributed by atoms with Gasteiger partial charge in [0.2, 0.25) is 0 Å². The van der Waals surface area contributed by atoms with Gasteiger partial charge in [-0.3, -0.25) is 4.79 Å². The van der Waals surface area contributed by atoms with Gasteiger partial charge in [-0.25, -0.2) is 8.78 Å². The summed E-state index contributed by atoms with van der Waals surface area (Å²) in [4.78, 5) is 11.8. The third-order valence-electron chi connectivity index (χ3n) is 3.06. The van der Waals surface area contributed by atoms with E-state index >= 15 is 0 Å². The van der Waals surface area contributed by atoms with Crippen molar-refractivity contribution in [1.29, 1.82) is 0 Å². The summed E-state index contributed by atoms with van der Waals surface area (Å²) in [5, 5.41) is 11.7. The minimum Gasteiger partial charge on any atom is -0.490 e. The summed E-state index contributed by atoms with van der Waals surface area (Å²) in [6, 6.07) is 6.67. The maximum absolute atomic E-state index is 13.2. The van der Waals surface area contributed by atoms with Gasteiger partial charge in [0, 0.05) is 5.69 Å². The lowest BCUT2D eigenvalue weighted by Crippen LogP contribution is -2.33. The highest BCUT2D eigenvalue weighted by atomic mass is 19.4. The lowest BCUT2D eigenvalue weighted by Gasteiger charge is -2.14. The standard InChI is InChI=1S/C16H12F5NO3.C2H6/c17-9-1-4-11(5-2-9)25-8-14(23)15(24)22-10-3-6-13(18)12(7-10)16(19,20)21;1-2/h1-7,14,23H,8H2,(H,22,24);1-2H3/t14-;/m0./s1. The van der Waals surface area contributed by atoms with Crippen molar-refractivity contribution < 1.29 is 36.6 Å². The first-order valence-corrected chi connectivity index (χ1v) is 7.91. The van der Waals surface area contributed by atoms with Crippen LogP contribution in [-0.4, -0.2) is 23.7 Å². The van der Waals surface area contributed by atoms with E-state index in [0.717, 1.165) is 18.2 Å². The summed E-state index contributed by atoms with van der Waals surface area (Å²) in [6.07, 6.45) is -6.63. The highest BCUT2D eigenvalue weighted by Gasteiger charge is 2.34. The third-order valence-corrected chi connectivity index (χ3v) is 3.06. The molecule has 0 heterocycles. The first kappa shape index (κ1) is 22.4. The lowest BCUT2D eigenvalue weighted by molar-refractivity contribution is -0.140. The van der Waals surface area contributed by atoms with Crippen LogP contribution in [0.2, 0.25) is 0 Å². The number of carbonyl (C=O) groups is 1. The minimum absolute atomic E-state index is 0.189. The van der Waals surface area contributed by atoms with Crippen LogP contribution in [-0.2, 0) is 11.0 Å². The molecule has 0 aliphatic heterocycles. The van der Waals surface area contributed by atoms with Crippen LogP contribution in [0, 0.1) is 11.6 Å². The van der Waals surface area contributed by atoms with E-state index in [1.807, 2.05) is 19.2 Å². The zero-order valence-electron chi connectivity index (χ0n) is 14.5. The summed E-state index contributed by atoms with van der Waals surface area (Å²) in [7, 11) is 0. The zero-order valence-corrected chi connectivity index (χ0v) is 14.5. The molecule has 2 aromatic rings. The summed E-state index contributed by atoms with van der Waals surface area (Å²) in [6.45, 7) is 3.49. The van der Waals surface area contributed by atoms with Gasteiger partial charge in [0.25, 0.3) is 5.91 Å². The molecule has 27 heavy (non-hydrogen) atoms. The number of halogens is 5. The van der Waals surface area contributed by atoms with Gasteiger partial charge in [0.1, 0.15) is 24.0 Å². The number of hydrogen-bond donors (Lipinski definition) is 2. The Kier molecular flexibility index (Phi) is 8.17. The molecule has 0 bridgehead atoms. The van der Waals surface area contributed by atoms with Crippen molar-refractivity contribution in [3.8, 4) is 5.75 Å². The van der Waals surface area contributed by atoms with E-state index in [2.05, 4.69) is 0 Å². The number of benzene rings is 2. The number of amides is 1. The maximum Gasteiger partial charge on any atom is 0.419 e. The minimum atomic E-state index is -4.92. The lowest BCUT2D eigenvalue weighted by atomic mass is 10.1. The number of ether oxygens (including phenoxy) is 1. The number of aliphatic hydroxyl groups excluding tert-OH is 1. The van der Waals surface area contributed by atoms with Gasteiger partial charge >= 0.3 is 6.18 Å². The normalized spacial score (nSPS) is 11.9. The summed E-state index contributed by atoms with van der Waals surface area (Å²) >= 11 is 0. The molecule has 0 saturated heterocycles. The van der Waals surface area contributed by atoms with Crippen molar-refractivity contribution in [2.75, 3.05) is 11.9 Å². The molecule has 1 atom stereocenters. The van der Waals surface area contributed by atoms with Gasteiger partial charge in [-0.1, -0.05) is 13.8 Å². The summed E-state index contributed by atoms with van der Waals surface area (Å²) < 4.78 is 68.8. The summed E-state index contributed by atoms with van der Waals surface area (Å²) in [5.74, 6) is -2.83. The molecule has 1 amide bonds. The van der Waals surface area contributed by atoms with Crippen LogP contribution in [0.4, 0.5) is 27.6 Å². The topological polar surface area (TPSA) is 58.6 Å². The molecule has 0 unspecified atom stereocenters. The number of anilines is 1. The van der Waals surface area contributed by atoms with E-state index in [1.165, 1.54) is 12.1 Å². The van der Waals surface area contributed by atoms with Crippen LogP contribution in [0.15, 0.2) is 42.5 Å². The van der Waals surface area contributed by atoms with Crippen LogP contribution < -0.4 is 10.1 Å². The van der Waals surface area contributed by atoms with Crippen molar-refractivity contribution >= 4 is 11.6 Å². The maximum atomic E-state index is 13.2. The fraction of sp³-hybridized carbons (Fsp3) is 0.278. The summed E-state index contributed by atoms with van der Waals surface area (Å²) in [5.41, 5.74) is -1.87. The van der Waals surface area contributed by atoms with Gasteiger partial charge in [-0.05, 0) is 42.5 Å². The Morgan fingerprint density at radius 3 is 2.26 bits per heavy atom. The molecule has 0 aliphatic rings. The average Bonchev–Trinajstić information content (AvgIpc) is 2.63. The van der Waals surface area contributed by atoms with E-state index in [-0.39, 0.29) is 11.4 Å². The fourth-order valence-electron chi connectivity index (χ4n) is 1.83. The van der Waals surface area contributed by atoms with Gasteiger partial charge in [0.05, 0.1) is 5.56 Å². The second-order valence-electron chi connectivity index (χ2n) is 4.96. The Hall–Kier alpha value is -2.68. The van der Waals surface area contributed by atoms with Gasteiger partial charge in [0.15, 0.2) is 6.10 Å². The Bertz CT molecular complexity index is 748. The van der Waals surface area contributed by atoms with E-state index in [0.29, 0.717) is 12.1 Å². The Morgan fingerprint density at radius 1 is 1.11 bits per heavy atom. The molecular weight excluding hydrogens is 373 g/mol. The van der Waals surface area contributed by atoms with Gasteiger partial charge < -0.3 is 15.2 Å². The van der Waals surface area contributed by atoms with Crippen molar-refractivity contribution in [2.45, 2.75) is 26.1 Å². The number of hydrogen-bond acceptors (Lipinski definition) is 3. The second kappa shape index (κ2) is 9.86. The SMILES string of the molecule is CC.O=C(Nc1ccc(F)c(C(F)(F)F)c1)[C@@H](O)COc1ccc(F)cc1. The molecule has 0 aliphatic carbocycles. The first-order valence-electron chi connectivity index (χ1n) is 7.91. The molecule has 0 fully saturated rings. The molecule has 0 spiro atoms. The monoisotopic (exact) mass is 391 g/mol. The van der Waals surface area contributed by atoms with E-state index in [9.17, 15) is 31.9 Å². The molecule has 0 saturated carbocycles. The molecule has 2 N–H and O–H groups in total. The first-order chi connectivity index (χ1) is 12.7. The predicted octanol–water partition coefficient (Wildman–Crippen LogP) is 4.39. The number of aliphatic hydroxyl groups is 1. The average molecular weight is 391 g/mol. The van der Waals surface area contributed by atoms with Gasteiger partial charge in [-0.2, -0.15) is 13.2 Å². The van der Waals surface area contributed by atoms with E-state index in [4.69, 9.17) is 4.74 Å². The van der Waals surface area contributed by atoms with Crippen molar-refractivity contribution in [2.24, 2.45) is 0 Å². The highest BCUT2D eigenvalue weighted by Crippen LogP contribution is 2.33. The fourth-order valence-corrected chi connectivity index (χ4v) is 1.83. The third kappa shape index (κ3) is 6.86. The Balaban J connectivity index is 0.00000176. The number of alkyl halides is 3. The highest BCUT2D eigenvalue weighted by molar-refractivity contribution is 5.94. The van der Waals surface area contributed by atoms with Crippen LogP contribution in [0.5, 0.6) is 5.75 Å². The molecule has 4 nitrogen and oxygen atoms in total. The van der Waals surface area contributed by atoms with Crippen LogP contribution >= 0.6 is 0 Å². The van der Waals surface area contributed by atoms with Crippen LogP contribution in [0.25, 0.3) is 0 Å². The Labute approximate surface area is 152 Å². The van der Waals surface area contributed by atoms with Crippen molar-refractivity contribution in [3.05, 3.63) is 59.7 Å². The number of nitrogens with one attached hydrogen (secondary N) is 1. The molecule has 2 aromatic carbocycles. The molecular formula is C18H18F5NO3. The molecule has 0 radical (unpaired) electrons. The largest absolute Gasteiger partial charge is 0.490 e. The predicted molar refractivity (Wildman–Crippen MR) is 89.3 cm³/mol. The van der Waals surface area contributed by atoms with Gasteiger partial charge in [-0.15, -0.1) is 0 Å². The second-order valence-corrected chi connectivity index (χ2v) is 4.96.